The molecule has 0 bridgehead atoms. The minimum atomic E-state index is -0.523. The number of aliphatic hydroxyl groups is 1. The van der Waals surface area contributed by atoms with Crippen molar-refractivity contribution in [2.24, 2.45) is 34.5 Å². The summed E-state index contributed by atoms with van der Waals surface area (Å²) in [4.78, 5) is 13.6. The molecule has 0 spiro atoms. The van der Waals surface area contributed by atoms with Crippen molar-refractivity contribution in [3.05, 3.63) is 11.6 Å². The lowest BCUT2D eigenvalue weighted by atomic mass is 9.46. The number of hydrogen-bond donors (Lipinski definition) is 1. The van der Waals surface area contributed by atoms with Gasteiger partial charge in [-0.15, -0.1) is 0 Å². The van der Waals surface area contributed by atoms with Crippen LogP contribution in [0.15, 0.2) is 11.6 Å². The molecule has 0 amide bonds. The maximum Gasteiger partial charge on any atom is 0.169 e. The molecule has 1 aliphatic heterocycles. The third kappa shape index (κ3) is 2.42. The van der Waals surface area contributed by atoms with Crippen molar-refractivity contribution < 1.29 is 19.4 Å². The molecule has 3 saturated carbocycles. The van der Waals surface area contributed by atoms with Crippen molar-refractivity contribution >= 4 is 5.78 Å². The molecule has 1 heterocycles. The Bertz CT molecular complexity index is 678. The van der Waals surface area contributed by atoms with E-state index in [0.29, 0.717) is 43.2 Å². The Morgan fingerprint density at radius 3 is 2.59 bits per heavy atom. The van der Waals surface area contributed by atoms with Gasteiger partial charge in [-0.3, -0.25) is 4.79 Å². The van der Waals surface area contributed by atoms with Crippen LogP contribution in [0.4, 0.5) is 0 Å². The van der Waals surface area contributed by atoms with E-state index < -0.39 is 5.79 Å². The van der Waals surface area contributed by atoms with E-state index in [1.54, 1.807) is 0 Å². The number of ketones is 1. The third-order valence-electron chi connectivity index (χ3n) is 9.26. The van der Waals surface area contributed by atoms with Crippen molar-refractivity contribution in [3.63, 3.8) is 0 Å². The van der Waals surface area contributed by atoms with Gasteiger partial charge >= 0.3 is 0 Å². The molecule has 5 rings (SSSR count). The highest BCUT2D eigenvalue weighted by atomic mass is 16.7. The molecule has 4 aliphatic carbocycles. The summed E-state index contributed by atoms with van der Waals surface area (Å²) in [6, 6.07) is 0. The maximum absolute atomic E-state index is 13.6. The van der Waals surface area contributed by atoms with Crippen LogP contribution in [0.5, 0.6) is 0 Å². The number of allylic oxidation sites excluding steroid dienone is 1. The molecule has 4 fully saturated rings. The molecule has 1 saturated heterocycles. The number of Topliss-reactive ketones (excluding diaryl/α,β-unsaturated/α-hetero) is 1. The number of fused-ring (bicyclic) bond motifs is 5. The van der Waals surface area contributed by atoms with Gasteiger partial charge in [-0.2, -0.15) is 0 Å². The molecule has 27 heavy (non-hydrogen) atoms. The molecule has 0 aromatic carbocycles. The molecule has 0 unspecified atom stereocenters. The van der Waals surface area contributed by atoms with E-state index >= 15 is 0 Å². The summed E-state index contributed by atoms with van der Waals surface area (Å²) in [6.45, 7) is 8.07. The molecule has 4 nitrogen and oxygen atoms in total. The average molecular weight is 375 g/mol. The highest BCUT2D eigenvalue weighted by Crippen LogP contribution is 2.67. The predicted molar refractivity (Wildman–Crippen MR) is 102 cm³/mol. The summed E-state index contributed by atoms with van der Waals surface area (Å²) >= 11 is 0. The highest BCUT2D eigenvalue weighted by molar-refractivity contribution is 5.85. The van der Waals surface area contributed by atoms with Crippen molar-refractivity contribution in [3.8, 4) is 0 Å². The Balaban J connectivity index is 1.50. The molecule has 7 atom stereocenters. The van der Waals surface area contributed by atoms with E-state index in [4.69, 9.17) is 9.47 Å². The van der Waals surface area contributed by atoms with E-state index in [0.717, 1.165) is 32.1 Å². The lowest BCUT2D eigenvalue weighted by Gasteiger charge is -2.57. The van der Waals surface area contributed by atoms with Gasteiger partial charge in [-0.1, -0.05) is 25.5 Å². The maximum atomic E-state index is 13.6. The number of ether oxygens (including phenoxy) is 2. The fraction of sp³-hybridized carbons (Fsp3) is 0.870. The average Bonchev–Trinajstić information content (AvgIpc) is 3.19. The third-order valence-corrected chi connectivity index (χ3v) is 9.26. The van der Waals surface area contributed by atoms with E-state index in [1.165, 1.54) is 12.0 Å². The van der Waals surface area contributed by atoms with Crippen LogP contribution >= 0.6 is 0 Å². The summed E-state index contributed by atoms with van der Waals surface area (Å²) < 4.78 is 12.1. The molecular formula is C23H34O4. The monoisotopic (exact) mass is 374 g/mol. The number of hydrogen-bond acceptors (Lipinski definition) is 4. The van der Waals surface area contributed by atoms with Crippen LogP contribution < -0.4 is 0 Å². The Kier molecular flexibility index (Phi) is 4.00. The molecule has 5 aliphatic rings. The van der Waals surface area contributed by atoms with Crippen LogP contribution in [0.3, 0.4) is 0 Å². The summed E-state index contributed by atoms with van der Waals surface area (Å²) in [5.74, 6) is 1.38. The van der Waals surface area contributed by atoms with Crippen LogP contribution in [-0.4, -0.2) is 36.0 Å². The van der Waals surface area contributed by atoms with E-state index in [2.05, 4.69) is 26.8 Å². The normalized spacial score (nSPS) is 51.3. The first-order chi connectivity index (χ1) is 12.8. The highest BCUT2D eigenvalue weighted by Gasteiger charge is 2.65. The molecule has 0 aromatic rings. The van der Waals surface area contributed by atoms with Gasteiger partial charge in [0.2, 0.25) is 0 Å². The summed E-state index contributed by atoms with van der Waals surface area (Å²) in [5, 5.41) is 10.1. The molecular weight excluding hydrogens is 340 g/mol. The molecule has 0 radical (unpaired) electrons. The van der Waals surface area contributed by atoms with Gasteiger partial charge < -0.3 is 14.6 Å². The number of carbonyl (C=O) groups is 1. The van der Waals surface area contributed by atoms with Crippen molar-refractivity contribution in [2.45, 2.75) is 77.6 Å². The zero-order valence-electron chi connectivity index (χ0n) is 17.0. The smallest absolute Gasteiger partial charge is 0.169 e. The summed E-state index contributed by atoms with van der Waals surface area (Å²) in [5.41, 5.74) is 1.29. The second-order valence-corrected chi connectivity index (χ2v) is 10.5. The lowest BCUT2D eigenvalue weighted by molar-refractivity contribution is -0.213. The quantitative estimate of drug-likeness (QED) is 0.708. The van der Waals surface area contributed by atoms with E-state index in [9.17, 15) is 9.90 Å². The van der Waals surface area contributed by atoms with Gasteiger partial charge in [0.1, 0.15) is 5.78 Å². The minimum absolute atomic E-state index is 0.0206. The molecule has 1 N–H and O–H groups in total. The van der Waals surface area contributed by atoms with Crippen molar-refractivity contribution in [1.82, 2.24) is 0 Å². The topological polar surface area (TPSA) is 55.8 Å². The minimum Gasteiger partial charge on any atom is -0.393 e. The SMILES string of the molecule is CC1([C@H]2CC[C@H]3[C@@H]4CC=C5C[C@@H](O)CC[C@]5(C)[C@H]4C(=O)C[C@]23C)OCCO1. The van der Waals surface area contributed by atoms with Gasteiger partial charge in [0, 0.05) is 18.3 Å². The van der Waals surface area contributed by atoms with Crippen molar-refractivity contribution in [1.29, 1.82) is 0 Å². The number of rotatable bonds is 1. The molecule has 150 valence electrons. The largest absolute Gasteiger partial charge is 0.393 e. The van der Waals surface area contributed by atoms with Gasteiger partial charge in [0.05, 0.1) is 19.3 Å². The Morgan fingerprint density at radius 1 is 1.11 bits per heavy atom. The second kappa shape index (κ2) is 5.90. The standard InChI is InChI=1S/C23H34O4/c1-21-9-8-15(24)12-14(21)4-5-16-17-6-7-19(23(3)26-10-11-27-23)22(17,2)13-18(25)20(16)21/h4,15-17,19-20,24H,5-13H2,1-3H3/t15-,16-,17-,19-,20+,21-,22-/m0/s1. The molecule has 0 aromatic heterocycles. The van der Waals surface area contributed by atoms with Gasteiger partial charge in [-0.25, -0.2) is 0 Å². The molecule has 4 heteroatoms. The zero-order chi connectivity index (χ0) is 19.0. The fourth-order valence-corrected chi connectivity index (χ4v) is 8.06. The van der Waals surface area contributed by atoms with Crippen LogP contribution in [0, 0.1) is 34.5 Å². The van der Waals surface area contributed by atoms with Crippen LogP contribution in [0.2, 0.25) is 0 Å². The predicted octanol–water partition coefficient (Wildman–Crippen LogP) is 3.87. The van der Waals surface area contributed by atoms with Crippen LogP contribution in [0.1, 0.15) is 65.7 Å². The second-order valence-electron chi connectivity index (χ2n) is 10.5. The Hall–Kier alpha value is -0.710. The first-order valence-corrected chi connectivity index (χ1v) is 11.0. The lowest BCUT2D eigenvalue weighted by Crippen LogP contribution is -2.56. The van der Waals surface area contributed by atoms with Crippen LogP contribution in [0.25, 0.3) is 0 Å². The number of aliphatic hydroxyl groups excluding tert-OH is 1. The fourth-order valence-electron chi connectivity index (χ4n) is 8.06. The first kappa shape index (κ1) is 18.3. The van der Waals surface area contributed by atoms with Crippen LogP contribution in [-0.2, 0) is 14.3 Å². The summed E-state index contributed by atoms with van der Waals surface area (Å²) in [6.07, 6.45) is 8.64. The van der Waals surface area contributed by atoms with E-state index in [-0.39, 0.29) is 22.9 Å². The zero-order valence-corrected chi connectivity index (χ0v) is 17.0. The first-order valence-electron chi connectivity index (χ1n) is 11.0. The van der Waals surface area contributed by atoms with Gasteiger partial charge in [0.15, 0.2) is 5.79 Å². The van der Waals surface area contributed by atoms with Crippen molar-refractivity contribution in [2.75, 3.05) is 13.2 Å². The Morgan fingerprint density at radius 2 is 1.85 bits per heavy atom. The van der Waals surface area contributed by atoms with Gasteiger partial charge in [0.25, 0.3) is 0 Å². The number of carbonyl (C=O) groups excluding carboxylic acids is 1. The summed E-state index contributed by atoms with van der Waals surface area (Å²) in [7, 11) is 0. The Labute approximate surface area is 162 Å². The van der Waals surface area contributed by atoms with Gasteiger partial charge in [-0.05, 0) is 68.1 Å². The van der Waals surface area contributed by atoms with E-state index in [1.807, 2.05) is 0 Å².